The number of ether oxygens (including phenoxy) is 4. The predicted octanol–water partition coefficient (Wildman–Crippen LogP) is -1.24. The third-order valence-electron chi connectivity index (χ3n) is 2.85. The SMILES string of the molecule is COC(=O)[C@@]12O[C@@H](CO)[C@@H](O)[C@@H]1OC(C)(C)O2. The Morgan fingerprint density at radius 1 is 1.41 bits per heavy atom. The first-order valence-electron chi connectivity index (χ1n) is 5.29. The van der Waals surface area contributed by atoms with Crippen molar-refractivity contribution in [2.24, 2.45) is 0 Å². The van der Waals surface area contributed by atoms with Crippen molar-refractivity contribution in [1.82, 2.24) is 0 Å². The normalized spacial score (nSPS) is 43.5. The van der Waals surface area contributed by atoms with Gasteiger partial charge < -0.3 is 29.2 Å². The van der Waals surface area contributed by atoms with Crippen LogP contribution in [0.25, 0.3) is 0 Å². The van der Waals surface area contributed by atoms with Gasteiger partial charge in [0, 0.05) is 0 Å². The molecule has 0 unspecified atom stereocenters. The average Bonchev–Trinajstić information content (AvgIpc) is 2.68. The molecule has 7 nitrogen and oxygen atoms in total. The molecule has 0 aromatic rings. The molecule has 0 saturated carbocycles. The summed E-state index contributed by atoms with van der Waals surface area (Å²) in [6.45, 7) is 2.75. The Morgan fingerprint density at radius 3 is 2.59 bits per heavy atom. The second kappa shape index (κ2) is 3.89. The lowest BCUT2D eigenvalue weighted by molar-refractivity contribution is -0.267. The van der Waals surface area contributed by atoms with Crippen LogP contribution in [-0.4, -0.2) is 59.8 Å². The van der Waals surface area contributed by atoms with Crippen LogP contribution in [0.1, 0.15) is 13.8 Å². The number of carbonyl (C=O) groups excluding carboxylic acids is 1. The molecule has 2 aliphatic rings. The molecule has 0 aromatic carbocycles. The molecule has 2 saturated heterocycles. The van der Waals surface area contributed by atoms with Crippen LogP contribution in [0.5, 0.6) is 0 Å². The predicted molar refractivity (Wildman–Crippen MR) is 52.7 cm³/mol. The van der Waals surface area contributed by atoms with Crippen LogP contribution in [0.15, 0.2) is 0 Å². The number of methoxy groups -OCH3 is 1. The number of fused-ring (bicyclic) bond motifs is 1. The van der Waals surface area contributed by atoms with E-state index in [1.54, 1.807) is 13.8 Å². The van der Waals surface area contributed by atoms with Gasteiger partial charge in [0.2, 0.25) is 0 Å². The van der Waals surface area contributed by atoms with Crippen molar-refractivity contribution in [3.63, 3.8) is 0 Å². The van der Waals surface area contributed by atoms with Gasteiger partial charge in [-0.05, 0) is 13.8 Å². The smallest absolute Gasteiger partial charge is 0.369 e. The molecule has 2 heterocycles. The maximum absolute atomic E-state index is 11.8. The Hall–Kier alpha value is -0.730. The number of aliphatic hydroxyl groups excluding tert-OH is 2. The fourth-order valence-corrected chi connectivity index (χ4v) is 2.20. The lowest BCUT2D eigenvalue weighted by Crippen LogP contribution is -2.48. The summed E-state index contributed by atoms with van der Waals surface area (Å²) in [5, 5.41) is 18.9. The van der Waals surface area contributed by atoms with E-state index in [2.05, 4.69) is 4.74 Å². The van der Waals surface area contributed by atoms with E-state index in [1.807, 2.05) is 0 Å². The van der Waals surface area contributed by atoms with Crippen LogP contribution >= 0.6 is 0 Å². The molecular weight excluding hydrogens is 232 g/mol. The van der Waals surface area contributed by atoms with Gasteiger partial charge in [-0.1, -0.05) is 0 Å². The van der Waals surface area contributed by atoms with Gasteiger partial charge in [-0.15, -0.1) is 0 Å². The summed E-state index contributed by atoms with van der Waals surface area (Å²) in [4.78, 5) is 11.8. The molecule has 0 aromatic heterocycles. The lowest BCUT2D eigenvalue weighted by Gasteiger charge is -2.25. The van der Waals surface area contributed by atoms with E-state index in [-0.39, 0.29) is 0 Å². The molecule has 2 N–H and O–H groups in total. The van der Waals surface area contributed by atoms with Gasteiger partial charge in [0.1, 0.15) is 12.2 Å². The summed E-state index contributed by atoms with van der Waals surface area (Å²) in [6, 6.07) is 0. The Bertz CT molecular complexity index is 329. The van der Waals surface area contributed by atoms with Crippen LogP contribution in [0.3, 0.4) is 0 Å². The Labute approximate surface area is 98.2 Å². The largest absolute Gasteiger partial charge is 0.465 e. The Kier molecular flexibility index (Phi) is 2.91. The number of rotatable bonds is 2. The first-order valence-corrected chi connectivity index (χ1v) is 5.29. The summed E-state index contributed by atoms with van der Waals surface area (Å²) in [5.41, 5.74) is 0. The molecule has 0 radical (unpaired) electrons. The van der Waals surface area contributed by atoms with Crippen molar-refractivity contribution < 1.29 is 34.0 Å². The maximum atomic E-state index is 11.8. The summed E-state index contributed by atoms with van der Waals surface area (Å²) in [7, 11) is 1.19. The highest BCUT2D eigenvalue weighted by atomic mass is 16.9. The standard InChI is InChI=1S/C10H16O7/c1-9(2)16-7-6(12)5(4-11)15-10(7,17-9)8(13)14-3/h5-7,11-12H,4H2,1-3H3/t5-,6+,7-,10+/m0/s1. The number of aliphatic hydroxyl groups is 2. The number of carbonyl (C=O) groups is 1. The molecule has 0 amide bonds. The van der Waals surface area contributed by atoms with Gasteiger partial charge in [-0.2, -0.15) is 0 Å². The van der Waals surface area contributed by atoms with Crippen LogP contribution in [-0.2, 0) is 23.7 Å². The Morgan fingerprint density at radius 2 is 2.06 bits per heavy atom. The van der Waals surface area contributed by atoms with Crippen molar-refractivity contribution in [2.75, 3.05) is 13.7 Å². The fourth-order valence-electron chi connectivity index (χ4n) is 2.20. The van der Waals surface area contributed by atoms with E-state index in [0.717, 1.165) is 0 Å². The van der Waals surface area contributed by atoms with Crippen molar-refractivity contribution in [3.05, 3.63) is 0 Å². The Balaban J connectivity index is 2.34. The molecule has 2 aliphatic heterocycles. The number of esters is 1. The minimum Gasteiger partial charge on any atom is -0.465 e. The van der Waals surface area contributed by atoms with E-state index in [9.17, 15) is 9.90 Å². The monoisotopic (exact) mass is 248 g/mol. The highest BCUT2D eigenvalue weighted by Crippen LogP contribution is 2.45. The lowest BCUT2D eigenvalue weighted by atomic mass is 10.1. The molecular formula is C10H16O7. The van der Waals surface area contributed by atoms with E-state index in [0.29, 0.717) is 0 Å². The highest BCUT2D eigenvalue weighted by Gasteiger charge is 2.69. The average molecular weight is 248 g/mol. The molecule has 2 rings (SSSR count). The molecule has 0 bridgehead atoms. The van der Waals surface area contributed by atoms with Crippen molar-refractivity contribution in [3.8, 4) is 0 Å². The third-order valence-corrected chi connectivity index (χ3v) is 2.85. The van der Waals surface area contributed by atoms with Crippen molar-refractivity contribution in [2.45, 2.75) is 43.7 Å². The summed E-state index contributed by atoms with van der Waals surface area (Å²) in [5.74, 6) is -3.66. The fraction of sp³-hybridized carbons (Fsp3) is 0.900. The van der Waals surface area contributed by atoms with Crippen molar-refractivity contribution in [1.29, 1.82) is 0 Å². The minimum atomic E-state index is -1.80. The molecule has 2 fully saturated rings. The first-order chi connectivity index (χ1) is 7.86. The van der Waals surface area contributed by atoms with Crippen LogP contribution < -0.4 is 0 Å². The summed E-state index contributed by atoms with van der Waals surface area (Å²) < 4.78 is 20.8. The van der Waals surface area contributed by atoms with Crippen LogP contribution in [0.4, 0.5) is 0 Å². The summed E-state index contributed by atoms with van der Waals surface area (Å²) in [6.07, 6.45) is -3.10. The summed E-state index contributed by atoms with van der Waals surface area (Å²) >= 11 is 0. The molecule has 17 heavy (non-hydrogen) atoms. The van der Waals surface area contributed by atoms with E-state index in [4.69, 9.17) is 19.3 Å². The zero-order chi connectivity index (χ0) is 12.8. The van der Waals surface area contributed by atoms with Gasteiger partial charge in [0.15, 0.2) is 11.9 Å². The topological polar surface area (TPSA) is 94.5 Å². The molecule has 7 heteroatoms. The minimum absolute atomic E-state index is 0.441. The van der Waals surface area contributed by atoms with E-state index in [1.165, 1.54) is 7.11 Å². The molecule has 98 valence electrons. The van der Waals surface area contributed by atoms with Gasteiger partial charge in [-0.3, -0.25) is 0 Å². The number of hydrogen-bond acceptors (Lipinski definition) is 7. The van der Waals surface area contributed by atoms with Crippen molar-refractivity contribution >= 4 is 5.97 Å². The highest BCUT2D eigenvalue weighted by molar-refractivity contribution is 5.79. The maximum Gasteiger partial charge on any atom is 0.369 e. The first kappa shape index (κ1) is 12.7. The van der Waals surface area contributed by atoms with Crippen LogP contribution in [0, 0.1) is 0 Å². The van der Waals surface area contributed by atoms with Gasteiger partial charge >= 0.3 is 11.8 Å². The zero-order valence-electron chi connectivity index (χ0n) is 9.87. The van der Waals surface area contributed by atoms with Gasteiger partial charge in [-0.25, -0.2) is 4.79 Å². The van der Waals surface area contributed by atoms with Crippen LogP contribution in [0.2, 0.25) is 0 Å². The molecule has 0 aliphatic carbocycles. The van der Waals surface area contributed by atoms with E-state index >= 15 is 0 Å². The number of hydrogen-bond donors (Lipinski definition) is 2. The molecule has 4 atom stereocenters. The van der Waals surface area contributed by atoms with E-state index < -0.39 is 42.5 Å². The second-order valence-electron chi connectivity index (χ2n) is 4.53. The van der Waals surface area contributed by atoms with Gasteiger partial charge in [0.05, 0.1) is 13.7 Å². The second-order valence-corrected chi connectivity index (χ2v) is 4.53. The third kappa shape index (κ3) is 1.74. The van der Waals surface area contributed by atoms with Gasteiger partial charge in [0.25, 0.3) is 0 Å². The molecule has 0 spiro atoms. The zero-order valence-corrected chi connectivity index (χ0v) is 9.87. The quantitative estimate of drug-likeness (QED) is 0.590.